The maximum absolute atomic E-state index is 10.8. The quantitative estimate of drug-likeness (QED) is 0.864. The lowest BCUT2D eigenvalue weighted by Crippen LogP contribution is -2.24. The van der Waals surface area contributed by atoms with Crippen molar-refractivity contribution < 1.29 is 9.90 Å². The number of halogens is 2. The summed E-state index contributed by atoms with van der Waals surface area (Å²) >= 11 is 11.9. The van der Waals surface area contributed by atoms with Gasteiger partial charge in [-0.2, -0.15) is 0 Å². The summed E-state index contributed by atoms with van der Waals surface area (Å²) in [5.74, 6) is -0.825. The third kappa shape index (κ3) is 4.48. The molecule has 1 rings (SSSR count). The Morgan fingerprint density at radius 2 is 2.06 bits per heavy atom. The molecule has 0 spiro atoms. The van der Waals surface area contributed by atoms with Crippen LogP contribution in [0.15, 0.2) is 18.2 Å². The minimum Gasteiger partial charge on any atom is -0.481 e. The topological polar surface area (TPSA) is 63.3 Å². The second-order valence-corrected chi connectivity index (χ2v) is 6.05. The fourth-order valence-corrected chi connectivity index (χ4v) is 2.54. The highest BCUT2D eigenvalue weighted by Gasteiger charge is 2.26. The Morgan fingerprint density at radius 1 is 1.44 bits per heavy atom. The molecule has 18 heavy (non-hydrogen) atoms. The van der Waals surface area contributed by atoms with Gasteiger partial charge >= 0.3 is 5.97 Å². The van der Waals surface area contributed by atoms with Crippen molar-refractivity contribution in [1.82, 2.24) is 0 Å². The molecular weight excluding hydrogens is 273 g/mol. The molecule has 0 aliphatic heterocycles. The first-order valence-corrected chi connectivity index (χ1v) is 6.39. The van der Waals surface area contributed by atoms with E-state index in [4.69, 9.17) is 34.0 Å². The lowest BCUT2D eigenvalue weighted by atomic mass is 9.81. The Hall–Kier alpha value is -0.770. The molecule has 0 aliphatic rings. The van der Waals surface area contributed by atoms with Crippen LogP contribution in [0.4, 0.5) is 0 Å². The van der Waals surface area contributed by atoms with E-state index in [-0.39, 0.29) is 17.9 Å². The van der Waals surface area contributed by atoms with Gasteiger partial charge in [0.25, 0.3) is 0 Å². The number of carbonyl (C=O) groups is 1. The van der Waals surface area contributed by atoms with Crippen molar-refractivity contribution in [1.29, 1.82) is 0 Å². The molecule has 0 radical (unpaired) electrons. The van der Waals surface area contributed by atoms with Gasteiger partial charge in [0.2, 0.25) is 0 Å². The van der Waals surface area contributed by atoms with Crippen molar-refractivity contribution in [2.75, 3.05) is 0 Å². The van der Waals surface area contributed by atoms with E-state index in [1.165, 1.54) is 0 Å². The van der Waals surface area contributed by atoms with Crippen LogP contribution in [-0.2, 0) is 4.79 Å². The van der Waals surface area contributed by atoms with Gasteiger partial charge in [-0.1, -0.05) is 43.1 Å². The van der Waals surface area contributed by atoms with Crippen LogP contribution in [0.25, 0.3) is 0 Å². The summed E-state index contributed by atoms with van der Waals surface area (Å²) in [6, 6.07) is 4.85. The number of benzene rings is 1. The van der Waals surface area contributed by atoms with E-state index in [1.807, 2.05) is 13.8 Å². The maximum atomic E-state index is 10.8. The Labute approximate surface area is 117 Å². The highest BCUT2D eigenvalue weighted by molar-refractivity contribution is 6.35. The van der Waals surface area contributed by atoms with Crippen LogP contribution < -0.4 is 5.73 Å². The van der Waals surface area contributed by atoms with E-state index in [1.54, 1.807) is 18.2 Å². The van der Waals surface area contributed by atoms with Crippen molar-refractivity contribution in [3.63, 3.8) is 0 Å². The SMILES string of the molecule is CC(C)(CC(=O)O)CC(N)c1ccc(Cl)cc1Cl. The summed E-state index contributed by atoms with van der Waals surface area (Å²) < 4.78 is 0. The zero-order valence-electron chi connectivity index (χ0n) is 10.4. The van der Waals surface area contributed by atoms with E-state index in [0.29, 0.717) is 16.5 Å². The van der Waals surface area contributed by atoms with Crippen LogP contribution in [0.1, 0.15) is 38.3 Å². The van der Waals surface area contributed by atoms with Crippen molar-refractivity contribution in [2.24, 2.45) is 11.1 Å². The molecule has 100 valence electrons. The normalized spacial score (nSPS) is 13.4. The molecule has 0 aliphatic carbocycles. The van der Waals surface area contributed by atoms with E-state index in [0.717, 1.165) is 5.56 Å². The van der Waals surface area contributed by atoms with Crippen molar-refractivity contribution in [2.45, 2.75) is 32.7 Å². The number of aliphatic carboxylic acids is 1. The number of rotatable bonds is 5. The number of nitrogens with two attached hydrogens (primary N) is 1. The molecule has 0 saturated carbocycles. The summed E-state index contributed by atoms with van der Waals surface area (Å²) in [5.41, 5.74) is 6.50. The van der Waals surface area contributed by atoms with Crippen LogP contribution in [-0.4, -0.2) is 11.1 Å². The Morgan fingerprint density at radius 3 is 2.56 bits per heavy atom. The van der Waals surface area contributed by atoms with Crippen LogP contribution in [0.5, 0.6) is 0 Å². The number of hydrogen-bond acceptors (Lipinski definition) is 2. The minimum absolute atomic E-state index is 0.0753. The molecule has 1 aromatic carbocycles. The van der Waals surface area contributed by atoms with Crippen molar-refractivity contribution in [3.05, 3.63) is 33.8 Å². The molecule has 0 amide bonds. The summed E-state index contributed by atoms with van der Waals surface area (Å²) in [6.07, 6.45) is 0.618. The van der Waals surface area contributed by atoms with E-state index < -0.39 is 5.97 Å². The summed E-state index contributed by atoms with van der Waals surface area (Å²) in [5, 5.41) is 9.91. The second-order valence-electron chi connectivity index (χ2n) is 5.21. The van der Waals surface area contributed by atoms with Gasteiger partial charge in [0, 0.05) is 16.1 Å². The Kier molecular flexibility index (Phi) is 5.02. The predicted molar refractivity (Wildman–Crippen MR) is 74.0 cm³/mol. The first-order valence-electron chi connectivity index (χ1n) is 5.63. The number of carboxylic acid groups (broad SMARTS) is 1. The van der Waals surface area contributed by atoms with Gasteiger partial charge in [0.15, 0.2) is 0 Å². The smallest absolute Gasteiger partial charge is 0.303 e. The highest BCUT2D eigenvalue weighted by Crippen LogP contribution is 2.34. The first kappa shape index (κ1) is 15.3. The largest absolute Gasteiger partial charge is 0.481 e. The van der Waals surface area contributed by atoms with Crippen LogP contribution in [0.2, 0.25) is 10.0 Å². The first-order chi connectivity index (χ1) is 8.21. The molecule has 5 heteroatoms. The fraction of sp³-hybridized carbons (Fsp3) is 0.462. The zero-order chi connectivity index (χ0) is 13.9. The van der Waals surface area contributed by atoms with Gasteiger partial charge in [-0.15, -0.1) is 0 Å². The number of carboxylic acids is 1. The minimum atomic E-state index is -0.825. The lowest BCUT2D eigenvalue weighted by Gasteiger charge is -2.26. The molecular formula is C13H17Cl2NO2. The standard InChI is InChI=1S/C13H17Cl2NO2/c1-13(2,7-12(17)18)6-11(16)9-4-3-8(14)5-10(9)15/h3-5,11H,6-7,16H2,1-2H3,(H,17,18). The Bertz CT molecular complexity index is 447. The van der Waals surface area contributed by atoms with Crippen LogP contribution in [0.3, 0.4) is 0 Å². The van der Waals surface area contributed by atoms with Gasteiger partial charge in [0.05, 0.1) is 6.42 Å². The molecule has 3 nitrogen and oxygen atoms in total. The molecule has 0 heterocycles. The average Bonchev–Trinajstić information content (AvgIpc) is 2.13. The van der Waals surface area contributed by atoms with Gasteiger partial charge in [-0.3, -0.25) is 4.79 Å². The molecule has 3 N–H and O–H groups in total. The average molecular weight is 290 g/mol. The van der Waals surface area contributed by atoms with Gasteiger partial charge in [0.1, 0.15) is 0 Å². The zero-order valence-corrected chi connectivity index (χ0v) is 11.9. The van der Waals surface area contributed by atoms with E-state index in [9.17, 15) is 4.79 Å². The number of hydrogen-bond donors (Lipinski definition) is 2. The predicted octanol–water partition coefficient (Wildman–Crippen LogP) is 3.88. The molecule has 1 aromatic rings. The fourth-order valence-electron chi connectivity index (χ4n) is 1.99. The maximum Gasteiger partial charge on any atom is 0.303 e. The van der Waals surface area contributed by atoms with Gasteiger partial charge < -0.3 is 10.8 Å². The Balaban J connectivity index is 2.81. The van der Waals surface area contributed by atoms with Crippen LogP contribution in [0, 0.1) is 5.41 Å². The second kappa shape index (κ2) is 5.91. The lowest BCUT2D eigenvalue weighted by molar-refractivity contribution is -0.139. The summed E-state index contributed by atoms with van der Waals surface area (Å²) in [4.78, 5) is 10.8. The van der Waals surface area contributed by atoms with E-state index >= 15 is 0 Å². The van der Waals surface area contributed by atoms with Gasteiger partial charge in [-0.25, -0.2) is 0 Å². The molecule has 1 atom stereocenters. The molecule has 0 bridgehead atoms. The third-order valence-corrected chi connectivity index (χ3v) is 3.33. The highest BCUT2D eigenvalue weighted by atomic mass is 35.5. The van der Waals surface area contributed by atoms with E-state index in [2.05, 4.69) is 0 Å². The summed E-state index contributed by atoms with van der Waals surface area (Å²) in [7, 11) is 0. The third-order valence-electron chi connectivity index (χ3n) is 2.76. The molecule has 0 saturated heterocycles. The molecule has 0 fully saturated rings. The monoisotopic (exact) mass is 289 g/mol. The molecule has 1 unspecified atom stereocenters. The van der Waals surface area contributed by atoms with Crippen molar-refractivity contribution in [3.8, 4) is 0 Å². The summed E-state index contributed by atoms with van der Waals surface area (Å²) in [6.45, 7) is 3.76. The molecule has 0 aromatic heterocycles. The van der Waals surface area contributed by atoms with Crippen molar-refractivity contribution >= 4 is 29.2 Å². The van der Waals surface area contributed by atoms with Gasteiger partial charge in [-0.05, 0) is 29.5 Å². The van der Waals surface area contributed by atoms with Crippen LogP contribution >= 0.6 is 23.2 Å².